The number of hydrogen-bond donors (Lipinski definition) is 0. The van der Waals surface area contributed by atoms with Crippen molar-refractivity contribution in [3.63, 3.8) is 0 Å². The van der Waals surface area contributed by atoms with Gasteiger partial charge in [-0.2, -0.15) is 10.4 Å². The van der Waals surface area contributed by atoms with Gasteiger partial charge in [-0.05, 0) is 17.7 Å². The lowest BCUT2D eigenvalue weighted by Gasteiger charge is -2.15. The molecule has 0 bridgehead atoms. The number of hydrogen-bond acceptors (Lipinski definition) is 4. The van der Waals surface area contributed by atoms with Crippen molar-refractivity contribution in [2.45, 2.75) is 6.04 Å². The Morgan fingerprint density at radius 3 is 2.71 bits per heavy atom. The van der Waals surface area contributed by atoms with E-state index in [-0.39, 0.29) is 18.6 Å². The second kappa shape index (κ2) is 7.07. The topological polar surface area (TPSA) is 74.8 Å². The average molecular weight is 338 g/mol. The molecule has 0 radical (unpaired) electrons. The van der Waals surface area contributed by atoms with Crippen molar-refractivity contribution in [2.75, 3.05) is 6.61 Å². The van der Waals surface area contributed by atoms with Crippen LogP contribution in [0.25, 0.3) is 11.1 Å². The van der Waals surface area contributed by atoms with Gasteiger partial charge in [0.1, 0.15) is 24.5 Å². The Morgan fingerprint density at radius 1 is 1.25 bits per heavy atom. The van der Waals surface area contributed by atoms with Crippen LogP contribution in [0.5, 0.6) is 5.75 Å². The van der Waals surface area contributed by atoms with Gasteiger partial charge < -0.3 is 4.74 Å². The number of nitriles is 1. The molecule has 6 heteroatoms. The van der Waals surface area contributed by atoms with Gasteiger partial charge in [0.25, 0.3) is 5.91 Å². The largest absolute Gasteiger partial charge is 0.490 e. The predicted octanol–water partition coefficient (Wildman–Crippen LogP) is 4.17. The number of ether oxygens (including phenoxy) is 1. The van der Waals surface area contributed by atoms with E-state index in [2.05, 4.69) is 16.3 Å². The number of benzene rings is 2. The molecule has 1 atom stereocenters. The summed E-state index contributed by atoms with van der Waals surface area (Å²) in [7, 11) is 0. The number of carbonyl (C=O) groups is 1. The third-order valence-corrected chi connectivity index (χ3v) is 3.76. The molecule has 2 aromatic carbocycles. The van der Waals surface area contributed by atoms with Crippen molar-refractivity contribution in [3.8, 4) is 22.9 Å². The van der Waals surface area contributed by atoms with Gasteiger partial charge in [0.2, 0.25) is 0 Å². The van der Waals surface area contributed by atoms with Gasteiger partial charge in [-0.3, -0.25) is 4.79 Å². The fourth-order valence-corrected chi connectivity index (χ4v) is 2.46. The molecule has 1 aliphatic rings. The molecule has 0 fully saturated rings. The van der Waals surface area contributed by atoms with Crippen LogP contribution >= 0.6 is 11.6 Å². The maximum absolute atomic E-state index is 11.0. The first-order valence-electron chi connectivity index (χ1n) is 7.22. The molecule has 0 saturated heterocycles. The highest BCUT2D eigenvalue weighted by Gasteiger charge is 2.15. The van der Waals surface area contributed by atoms with Crippen LogP contribution in [0.4, 0.5) is 0 Å². The molecule has 24 heavy (non-hydrogen) atoms. The predicted molar refractivity (Wildman–Crippen MR) is 89.9 cm³/mol. The standard InChI is InChI=1S/C18H12ClN3O2/c19-16-9-17(24-11-14-6-7-18(23)22-21-14)15(8-13(16)10-20)12-4-2-1-3-5-12/h1-9,14H,11H2. The van der Waals surface area contributed by atoms with E-state index in [1.807, 2.05) is 30.3 Å². The molecule has 0 aromatic heterocycles. The molecule has 1 heterocycles. The number of halogens is 1. The number of amides is 1. The Morgan fingerprint density at radius 2 is 2.04 bits per heavy atom. The van der Waals surface area contributed by atoms with Crippen molar-refractivity contribution in [1.82, 2.24) is 0 Å². The minimum absolute atomic E-state index is 0.218. The smallest absolute Gasteiger partial charge is 0.287 e. The van der Waals surface area contributed by atoms with E-state index in [9.17, 15) is 10.1 Å². The van der Waals surface area contributed by atoms with Gasteiger partial charge in [0.15, 0.2) is 0 Å². The molecule has 5 nitrogen and oxygen atoms in total. The van der Waals surface area contributed by atoms with E-state index in [1.165, 1.54) is 6.08 Å². The summed E-state index contributed by atoms with van der Waals surface area (Å²) in [5.74, 6) is 0.170. The molecule has 2 aromatic rings. The van der Waals surface area contributed by atoms with E-state index in [0.717, 1.165) is 11.1 Å². The number of rotatable bonds is 4. The third kappa shape index (κ3) is 3.50. The molecule has 118 valence electrons. The highest BCUT2D eigenvalue weighted by Crippen LogP contribution is 2.35. The quantitative estimate of drug-likeness (QED) is 0.840. The molecule has 3 rings (SSSR count). The van der Waals surface area contributed by atoms with Crippen LogP contribution in [-0.4, -0.2) is 18.6 Å². The Labute approximate surface area is 143 Å². The fraction of sp³-hybridized carbons (Fsp3) is 0.111. The van der Waals surface area contributed by atoms with E-state index in [4.69, 9.17) is 16.3 Å². The highest BCUT2D eigenvalue weighted by molar-refractivity contribution is 6.32. The molecular weight excluding hydrogens is 326 g/mol. The first-order chi connectivity index (χ1) is 11.7. The van der Waals surface area contributed by atoms with Gasteiger partial charge in [-0.25, -0.2) is 0 Å². The van der Waals surface area contributed by atoms with Crippen LogP contribution in [0.2, 0.25) is 5.02 Å². The Hall–Kier alpha value is -2.97. The third-order valence-electron chi connectivity index (χ3n) is 3.45. The minimum atomic E-state index is -0.377. The zero-order valence-corrected chi connectivity index (χ0v) is 13.3. The molecule has 0 spiro atoms. The van der Waals surface area contributed by atoms with Gasteiger partial charge in [-0.15, -0.1) is 5.11 Å². The molecule has 0 N–H and O–H groups in total. The van der Waals surface area contributed by atoms with Gasteiger partial charge in [-0.1, -0.05) is 41.9 Å². The van der Waals surface area contributed by atoms with E-state index < -0.39 is 0 Å². The normalized spacial score (nSPS) is 16.0. The maximum Gasteiger partial charge on any atom is 0.287 e. The van der Waals surface area contributed by atoms with Crippen molar-refractivity contribution in [2.24, 2.45) is 10.2 Å². The molecule has 0 saturated carbocycles. The van der Waals surface area contributed by atoms with Crippen LogP contribution < -0.4 is 4.74 Å². The van der Waals surface area contributed by atoms with Crippen molar-refractivity contribution < 1.29 is 9.53 Å². The number of nitrogens with zero attached hydrogens (tertiary/aromatic N) is 3. The summed E-state index contributed by atoms with van der Waals surface area (Å²) in [5.41, 5.74) is 2.06. The van der Waals surface area contributed by atoms with Crippen LogP contribution in [0.3, 0.4) is 0 Å². The summed E-state index contributed by atoms with van der Waals surface area (Å²) in [4.78, 5) is 11.0. The zero-order chi connectivity index (χ0) is 16.9. The van der Waals surface area contributed by atoms with E-state index in [1.54, 1.807) is 18.2 Å². The number of carbonyl (C=O) groups excluding carboxylic acids is 1. The van der Waals surface area contributed by atoms with Gasteiger partial charge >= 0.3 is 0 Å². The zero-order valence-electron chi connectivity index (χ0n) is 12.5. The highest BCUT2D eigenvalue weighted by atomic mass is 35.5. The van der Waals surface area contributed by atoms with Crippen LogP contribution in [0.1, 0.15) is 5.56 Å². The Bertz CT molecular complexity index is 854. The lowest BCUT2D eigenvalue weighted by atomic mass is 10.0. The lowest BCUT2D eigenvalue weighted by molar-refractivity contribution is -0.114. The van der Waals surface area contributed by atoms with Crippen LogP contribution in [0.15, 0.2) is 64.8 Å². The minimum Gasteiger partial charge on any atom is -0.490 e. The van der Waals surface area contributed by atoms with Crippen LogP contribution in [-0.2, 0) is 4.79 Å². The van der Waals surface area contributed by atoms with Crippen molar-refractivity contribution in [1.29, 1.82) is 5.26 Å². The van der Waals surface area contributed by atoms with Gasteiger partial charge in [0, 0.05) is 17.7 Å². The molecule has 1 amide bonds. The molecular formula is C18H12ClN3O2. The fourth-order valence-electron chi connectivity index (χ4n) is 2.26. The molecule has 0 aliphatic carbocycles. The van der Waals surface area contributed by atoms with E-state index in [0.29, 0.717) is 16.3 Å². The summed E-state index contributed by atoms with van der Waals surface area (Å²) in [5, 5.41) is 16.9. The molecule has 1 unspecified atom stereocenters. The van der Waals surface area contributed by atoms with Crippen molar-refractivity contribution >= 4 is 17.5 Å². The summed E-state index contributed by atoms with van der Waals surface area (Å²) in [6.45, 7) is 0.218. The Kier molecular flexibility index (Phi) is 4.69. The second-order valence-electron chi connectivity index (χ2n) is 5.10. The lowest BCUT2D eigenvalue weighted by Crippen LogP contribution is -2.16. The maximum atomic E-state index is 11.0. The van der Waals surface area contributed by atoms with E-state index >= 15 is 0 Å². The summed E-state index contributed by atoms with van der Waals surface area (Å²) >= 11 is 6.13. The van der Waals surface area contributed by atoms with Crippen molar-refractivity contribution in [3.05, 3.63) is 65.2 Å². The second-order valence-corrected chi connectivity index (χ2v) is 5.50. The molecule has 1 aliphatic heterocycles. The van der Waals surface area contributed by atoms with Gasteiger partial charge in [0.05, 0.1) is 10.6 Å². The van der Waals surface area contributed by atoms with Crippen LogP contribution in [0, 0.1) is 11.3 Å². The number of azo groups is 1. The SMILES string of the molecule is N#Cc1cc(-c2ccccc2)c(OCC2C=CC(=O)N=N2)cc1Cl. The summed E-state index contributed by atoms with van der Waals surface area (Å²) in [6.07, 6.45) is 3.01. The monoisotopic (exact) mass is 337 g/mol. The average Bonchev–Trinajstić information content (AvgIpc) is 2.62. The Balaban J connectivity index is 1.90. The first kappa shape index (κ1) is 15.9. The summed E-state index contributed by atoms with van der Waals surface area (Å²) < 4.78 is 5.84. The summed E-state index contributed by atoms with van der Waals surface area (Å²) in [6, 6.07) is 14.6. The first-order valence-corrected chi connectivity index (χ1v) is 7.60.